The quantitative estimate of drug-likeness (QED) is 0.688. The Hall–Kier alpha value is -0.980. The number of Topliss-reactive ketones (excluding diaryl/α,β-unsaturated/α-hetero) is 1. The number of hydrogen-bond donors (Lipinski definition) is 0. The lowest BCUT2D eigenvalue weighted by atomic mass is 10.0. The van der Waals surface area contributed by atoms with Crippen LogP contribution in [0.5, 0.6) is 0 Å². The predicted octanol–water partition coefficient (Wildman–Crippen LogP) is 4.51. The van der Waals surface area contributed by atoms with Gasteiger partial charge in [0.15, 0.2) is 5.78 Å². The Labute approximate surface area is 136 Å². The van der Waals surface area contributed by atoms with E-state index in [0.717, 1.165) is 8.26 Å². The van der Waals surface area contributed by atoms with Crippen LogP contribution in [0.2, 0.25) is 0 Å². The van der Waals surface area contributed by atoms with E-state index in [2.05, 4.69) is 31.9 Å². The number of halogens is 2. The molecule has 0 fully saturated rings. The molecule has 0 N–H and O–H groups in total. The van der Waals surface area contributed by atoms with Gasteiger partial charge in [0.1, 0.15) is 0 Å². The van der Waals surface area contributed by atoms with Crippen molar-refractivity contribution in [3.05, 3.63) is 49.0 Å². The molecule has 2 aromatic rings. The Kier molecular flexibility index (Phi) is 3.79. The van der Waals surface area contributed by atoms with Gasteiger partial charge in [-0.1, -0.05) is 12.1 Å². The third-order valence-electron chi connectivity index (χ3n) is 3.16. The number of benzene rings is 1. The highest BCUT2D eigenvalue weighted by atomic mass is 79.9. The first-order valence-corrected chi connectivity index (χ1v) is 8.37. The predicted molar refractivity (Wildman–Crippen MR) is 86.8 cm³/mol. The van der Waals surface area contributed by atoms with E-state index in [9.17, 15) is 9.59 Å². The molecule has 0 radical (unpaired) electrons. The van der Waals surface area contributed by atoms with Gasteiger partial charge in [0, 0.05) is 23.0 Å². The Bertz CT molecular complexity index is 691. The highest BCUT2D eigenvalue weighted by Crippen LogP contribution is 2.35. The summed E-state index contributed by atoms with van der Waals surface area (Å²) in [7, 11) is 0. The largest absolute Gasteiger partial charge is 0.306 e. The van der Waals surface area contributed by atoms with E-state index in [1.54, 1.807) is 17.0 Å². The Morgan fingerprint density at radius 1 is 1.25 bits per heavy atom. The Morgan fingerprint density at radius 2 is 2.00 bits per heavy atom. The average Bonchev–Trinajstić information content (AvgIpc) is 2.79. The van der Waals surface area contributed by atoms with E-state index in [1.807, 2.05) is 18.2 Å². The molecule has 3 nitrogen and oxygen atoms in total. The van der Waals surface area contributed by atoms with E-state index in [4.69, 9.17) is 0 Å². The van der Waals surface area contributed by atoms with E-state index >= 15 is 0 Å². The van der Waals surface area contributed by atoms with Crippen LogP contribution in [0, 0.1) is 0 Å². The van der Waals surface area contributed by atoms with Crippen molar-refractivity contribution in [1.29, 1.82) is 0 Å². The standard InChI is InChI=1S/C14H9Br2NO2S/c15-9-7-12(20-13(9)16)14(19)17-6-5-11(18)8-3-1-2-4-10(8)17/h1-4,7H,5-6H2. The van der Waals surface area contributed by atoms with Gasteiger partial charge in [-0.15, -0.1) is 11.3 Å². The second kappa shape index (κ2) is 5.42. The van der Waals surface area contributed by atoms with Crippen LogP contribution in [0.1, 0.15) is 26.5 Å². The van der Waals surface area contributed by atoms with Gasteiger partial charge in [-0.25, -0.2) is 0 Å². The topological polar surface area (TPSA) is 37.4 Å². The normalized spacial score (nSPS) is 14.3. The molecule has 0 atom stereocenters. The molecular formula is C14H9Br2NO2S. The lowest BCUT2D eigenvalue weighted by Gasteiger charge is -2.28. The molecule has 102 valence electrons. The molecule has 0 saturated carbocycles. The van der Waals surface area contributed by atoms with Crippen LogP contribution in [0.25, 0.3) is 0 Å². The van der Waals surface area contributed by atoms with Crippen molar-refractivity contribution >= 4 is 60.6 Å². The molecule has 1 aliphatic rings. The van der Waals surface area contributed by atoms with Crippen LogP contribution in [0.3, 0.4) is 0 Å². The maximum absolute atomic E-state index is 12.6. The summed E-state index contributed by atoms with van der Waals surface area (Å²) in [5.74, 6) is 0.0274. The lowest BCUT2D eigenvalue weighted by Crippen LogP contribution is -2.37. The summed E-state index contributed by atoms with van der Waals surface area (Å²) in [5.41, 5.74) is 1.33. The van der Waals surface area contributed by atoms with E-state index in [0.29, 0.717) is 29.1 Å². The zero-order valence-corrected chi connectivity index (χ0v) is 14.2. The number of hydrogen-bond acceptors (Lipinski definition) is 3. The van der Waals surface area contributed by atoms with Gasteiger partial charge in [0.05, 0.1) is 14.4 Å². The van der Waals surface area contributed by atoms with Gasteiger partial charge in [-0.2, -0.15) is 0 Å². The second-order valence-electron chi connectivity index (χ2n) is 4.38. The van der Waals surface area contributed by atoms with Gasteiger partial charge in [0.2, 0.25) is 0 Å². The number of anilines is 1. The number of nitrogens with zero attached hydrogens (tertiary/aromatic N) is 1. The smallest absolute Gasteiger partial charge is 0.268 e. The minimum absolute atomic E-state index is 0.0682. The van der Waals surface area contributed by atoms with Gasteiger partial charge < -0.3 is 4.90 Å². The Balaban J connectivity index is 2.01. The monoisotopic (exact) mass is 413 g/mol. The first kappa shape index (κ1) is 14.0. The number of fused-ring (bicyclic) bond motifs is 1. The van der Waals surface area contributed by atoms with Crippen LogP contribution in [-0.4, -0.2) is 18.2 Å². The summed E-state index contributed by atoms with van der Waals surface area (Å²) in [6.45, 7) is 0.432. The van der Waals surface area contributed by atoms with Crippen molar-refractivity contribution in [3.63, 3.8) is 0 Å². The van der Waals surface area contributed by atoms with Crippen LogP contribution < -0.4 is 4.90 Å². The molecule has 0 spiro atoms. The summed E-state index contributed by atoms with van der Waals surface area (Å²) in [5, 5.41) is 0. The molecule has 1 aliphatic heterocycles. The summed E-state index contributed by atoms with van der Waals surface area (Å²) >= 11 is 8.17. The van der Waals surface area contributed by atoms with Crippen molar-refractivity contribution in [3.8, 4) is 0 Å². The van der Waals surface area contributed by atoms with E-state index in [1.165, 1.54) is 11.3 Å². The molecule has 20 heavy (non-hydrogen) atoms. The summed E-state index contributed by atoms with van der Waals surface area (Å²) in [4.78, 5) is 26.8. The zero-order chi connectivity index (χ0) is 14.3. The van der Waals surface area contributed by atoms with Crippen molar-refractivity contribution in [2.45, 2.75) is 6.42 Å². The summed E-state index contributed by atoms with van der Waals surface area (Å²) in [6.07, 6.45) is 0.371. The van der Waals surface area contributed by atoms with Crippen LogP contribution in [-0.2, 0) is 0 Å². The Morgan fingerprint density at radius 3 is 2.70 bits per heavy atom. The number of amides is 1. The van der Waals surface area contributed by atoms with E-state index in [-0.39, 0.29) is 11.7 Å². The maximum atomic E-state index is 12.6. The van der Waals surface area contributed by atoms with Gasteiger partial charge >= 0.3 is 0 Å². The molecular weight excluding hydrogens is 406 g/mol. The number of para-hydroxylation sites is 1. The van der Waals surface area contributed by atoms with Crippen LogP contribution in [0.4, 0.5) is 5.69 Å². The fraction of sp³-hybridized carbons (Fsp3) is 0.143. The van der Waals surface area contributed by atoms with Gasteiger partial charge in [-0.3, -0.25) is 9.59 Å². The van der Waals surface area contributed by atoms with Gasteiger partial charge in [0.25, 0.3) is 5.91 Å². The summed E-state index contributed by atoms with van der Waals surface area (Å²) < 4.78 is 1.76. The minimum atomic E-state index is -0.0682. The molecule has 1 aromatic carbocycles. The molecule has 3 rings (SSSR count). The molecule has 1 amide bonds. The molecule has 0 saturated heterocycles. The number of carbonyl (C=O) groups is 2. The first-order valence-electron chi connectivity index (χ1n) is 5.97. The highest BCUT2D eigenvalue weighted by Gasteiger charge is 2.28. The zero-order valence-electron chi connectivity index (χ0n) is 10.2. The third-order valence-corrected chi connectivity index (χ3v) is 6.40. The molecule has 0 bridgehead atoms. The number of thiophene rings is 1. The van der Waals surface area contributed by atoms with Crippen molar-refractivity contribution in [1.82, 2.24) is 0 Å². The second-order valence-corrected chi connectivity index (χ2v) is 7.60. The third kappa shape index (κ3) is 2.36. The average molecular weight is 415 g/mol. The highest BCUT2D eigenvalue weighted by molar-refractivity contribution is 9.13. The first-order chi connectivity index (χ1) is 9.58. The van der Waals surface area contributed by atoms with Crippen molar-refractivity contribution in [2.75, 3.05) is 11.4 Å². The van der Waals surface area contributed by atoms with E-state index < -0.39 is 0 Å². The molecule has 2 heterocycles. The minimum Gasteiger partial charge on any atom is -0.306 e. The lowest BCUT2D eigenvalue weighted by molar-refractivity contribution is 0.0957. The maximum Gasteiger partial charge on any atom is 0.268 e. The van der Waals surface area contributed by atoms with Gasteiger partial charge in [-0.05, 0) is 50.1 Å². The molecule has 6 heteroatoms. The van der Waals surface area contributed by atoms with Crippen LogP contribution in [0.15, 0.2) is 38.6 Å². The number of rotatable bonds is 1. The fourth-order valence-corrected chi connectivity index (χ4v) is 4.19. The molecule has 1 aromatic heterocycles. The SMILES string of the molecule is O=C1CCN(C(=O)c2cc(Br)c(Br)s2)c2ccccc21. The molecule has 0 unspecified atom stereocenters. The number of carbonyl (C=O) groups excluding carboxylic acids is 2. The molecule has 0 aliphatic carbocycles. The van der Waals surface area contributed by atoms with Crippen LogP contribution >= 0.6 is 43.2 Å². The fourth-order valence-electron chi connectivity index (χ4n) is 2.21. The van der Waals surface area contributed by atoms with Crippen molar-refractivity contribution < 1.29 is 9.59 Å². The van der Waals surface area contributed by atoms with Crippen molar-refractivity contribution in [2.24, 2.45) is 0 Å². The number of ketones is 1. The summed E-state index contributed by atoms with van der Waals surface area (Å²) in [6, 6.07) is 9.07.